The highest BCUT2D eigenvalue weighted by molar-refractivity contribution is 6.28. The maximum atomic E-state index is 11.6. The first-order valence-electron chi connectivity index (χ1n) is 4.31. The van der Waals surface area contributed by atoms with Crippen LogP contribution in [0.25, 0.3) is 11.0 Å². The molecule has 1 N–H and O–H groups in total. The van der Waals surface area contributed by atoms with Crippen LogP contribution in [0.5, 0.6) is 0 Å². The Morgan fingerprint density at radius 1 is 1.53 bits per heavy atom. The van der Waals surface area contributed by atoms with Crippen LogP contribution in [0.2, 0.25) is 5.28 Å². The number of carbonyl (C=O) groups excluding carboxylic acids is 1. The van der Waals surface area contributed by atoms with E-state index in [0.29, 0.717) is 11.3 Å². The van der Waals surface area contributed by atoms with Gasteiger partial charge in [0.05, 0.1) is 0 Å². The van der Waals surface area contributed by atoms with Gasteiger partial charge in [-0.15, -0.1) is 0 Å². The molecule has 0 aliphatic rings. The van der Waals surface area contributed by atoms with Gasteiger partial charge in [0.15, 0.2) is 0 Å². The van der Waals surface area contributed by atoms with Gasteiger partial charge in [-0.1, -0.05) is 0 Å². The summed E-state index contributed by atoms with van der Waals surface area (Å²) in [6.45, 7) is 0. The van der Waals surface area contributed by atoms with Crippen molar-refractivity contribution < 1.29 is 4.79 Å². The van der Waals surface area contributed by atoms with Crippen molar-refractivity contribution in [2.24, 2.45) is 0 Å². The molecule has 0 aromatic carbocycles. The average molecular weight is 225 g/mol. The van der Waals surface area contributed by atoms with Gasteiger partial charge in [-0.2, -0.15) is 4.98 Å². The SMILES string of the molecule is CN(C)C(=O)c1cc2cnc(Cl)nc2[nH]1. The van der Waals surface area contributed by atoms with E-state index < -0.39 is 0 Å². The van der Waals surface area contributed by atoms with Crippen LogP contribution in [0, 0.1) is 0 Å². The van der Waals surface area contributed by atoms with Gasteiger partial charge in [0.1, 0.15) is 11.3 Å². The van der Waals surface area contributed by atoms with E-state index >= 15 is 0 Å². The molecule has 0 saturated carbocycles. The van der Waals surface area contributed by atoms with E-state index in [9.17, 15) is 4.79 Å². The summed E-state index contributed by atoms with van der Waals surface area (Å²) in [4.78, 5) is 23.8. The second kappa shape index (κ2) is 3.51. The van der Waals surface area contributed by atoms with E-state index in [1.165, 1.54) is 4.90 Å². The summed E-state index contributed by atoms with van der Waals surface area (Å²) in [5, 5.41) is 0.929. The molecule has 0 saturated heterocycles. The Labute approximate surface area is 91.1 Å². The highest BCUT2D eigenvalue weighted by Gasteiger charge is 2.12. The third-order valence-electron chi connectivity index (χ3n) is 1.98. The van der Waals surface area contributed by atoms with Gasteiger partial charge < -0.3 is 9.88 Å². The molecule has 0 aliphatic heterocycles. The average Bonchev–Trinajstić information content (AvgIpc) is 2.58. The quantitative estimate of drug-likeness (QED) is 0.743. The summed E-state index contributed by atoms with van der Waals surface area (Å²) >= 11 is 5.63. The van der Waals surface area contributed by atoms with Crippen molar-refractivity contribution >= 4 is 28.5 Å². The van der Waals surface area contributed by atoms with Crippen molar-refractivity contribution in [1.29, 1.82) is 0 Å². The Morgan fingerprint density at radius 2 is 2.27 bits per heavy atom. The second-order valence-corrected chi connectivity index (χ2v) is 3.66. The van der Waals surface area contributed by atoms with Crippen molar-refractivity contribution in [3.63, 3.8) is 0 Å². The minimum atomic E-state index is -0.107. The highest BCUT2D eigenvalue weighted by atomic mass is 35.5. The summed E-state index contributed by atoms with van der Waals surface area (Å²) in [5.41, 5.74) is 1.05. The van der Waals surface area contributed by atoms with Crippen molar-refractivity contribution in [2.75, 3.05) is 14.1 Å². The summed E-state index contributed by atoms with van der Waals surface area (Å²) in [6, 6.07) is 1.70. The fraction of sp³-hybridized carbons (Fsp3) is 0.222. The van der Waals surface area contributed by atoms with E-state index in [4.69, 9.17) is 11.6 Å². The predicted octanol–water partition coefficient (Wildman–Crippen LogP) is 1.31. The molecule has 5 nitrogen and oxygen atoms in total. The zero-order valence-corrected chi connectivity index (χ0v) is 9.04. The van der Waals surface area contributed by atoms with Crippen LogP contribution < -0.4 is 0 Å². The first-order valence-corrected chi connectivity index (χ1v) is 4.68. The van der Waals surface area contributed by atoms with Gasteiger partial charge in [-0.3, -0.25) is 4.79 Å². The summed E-state index contributed by atoms with van der Waals surface area (Å²) in [7, 11) is 3.37. The van der Waals surface area contributed by atoms with Crippen LogP contribution in [-0.4, -0.2) is 39.9 Å². The number of nitrogens with zero attached hydrogens (tertiary/aromatic N) is 3. The molecule has 2 rings (SSSR count). The molecule has 0 spiro atoms. The van der Waals surface area contributed by atoms with Gasteiger partial charge in [0.2, 0.25) is 5.28 Å². The minimum absolute atomic E-state index is 0.107. The number of halogens is 1. The third-order valence-corrected chi connectivity index (χ3v) is 2.16. The summed E-state index contributed by atoms with van der Waals surface area (Å²) in [5.74, 6) is -0.107. The van der Waals surface area contributed by atoms with Crippen molar-refractivity contribution in [3.05, 3.63) is 23.2 Å². The van der Waals surface area contributed by atoms with E-state index in [1.807, 2.05) is 0 Å². The molecule has 15 heavy (non-hydrogen) atoms. The number of carbonyl (C=O) groups is 1. The number of H-pyrrole nitrogens is 1. The normalized spacial score (nSPS) is 10.6. The zero-order valence-electron chi connectivity index (χ0n) is 8.28. The molecular weight excluding hydrogens is 216 g/mol. The van der Waals surface area contributed by atoms with Crippen LogP contribution in [0.3, 0.4) is 0 Å². The lowest BCUT2D eigenvalue weighted by molar-refractivity contribution is 0.0823. The number of fused-ring (bicyclic) bond motifs is 1. The van der Waals surface area contributed by atoms with Gasteiger partial charge in [-0.25, -0.2) is 4.98 Å². The van der Waals surface area contributed by atoms with Gasteiger partial charge >= 0.3 is 0 Å². The molecule has 0 bridgehead atoms. The van der Waals surface area contributed by atoms with Crippen LogP contribution >= 0.6 is 11.6 Å². The van der Waals surface area contributed by atoms with Crippen molar-refractivity contribution in [2.45, 2.75) is 0 Å². The van der Waals surface area contributed by atoms with E-state index in [2.05, 4.69) is 15.0 Å². The molecular formula is C9H9ClN4O. The number of aromatic nitrogens is 3. The van der Waals surface area contributed by atoms with Crippen LogP contribution in [0.4, 0.5) is 0 Å². The minimum Gasteiger partial charge on any atom is -0.344 e. The maximum absolute atomic E-state index is 11.6. The van der Waals surface area contributed by atoms with E-state index in [1.54, 1.807) is 26.4 Å². The lowest BCUT2D eigenvalue weighted by Gasteiger charge is -2.07. The lowest BCUT2D eigenvalue weighted by atomic mass is 10.3. The fourth-order valence-electron chi connectivity index (χ4n) is 1.25. The summed E-state index contributed by atoms with van der Waals surface area (Å²) < 4.78 is 0. The highest BCUT2D eigenvalue weighted by Crippen LogP contribution is 2.14. The van der Waals surface area contributed by atoms with Gasteiger partial charge in [0, 0.05) is 25.7 Å². The first kappa shape index (κ1) is 9.92. The fourth-order valence-corrected chi connectivity index (χ4v) is 1.38. The Hall–Kier alpha value is -1.62. The Morgan fingerprint density at radius 3 is 2.93 bits per heavy atom. The maximum Gasteiger partial charge on any atom is 0.269 e. The molecule has 0 aliphatic carbocycles. The smallest absolute Gasteiger partial charge is 0.269 e. The first-order chi connectivity index (χ1) is 7.08. The Balaban J connectivity index is 2.52. The standard InChI is InChI=1S/C9H9ClN4O/c1-14(2)8(15)6-3-5-4-11-9(10)13-7(5)12-6/h3-4H,1-2H3,(H,11,12,13). The van der Waals surface area contributed by atoms with Crippen LogP contribution in [0.1, 0.15) is 10.5 Å². The third kappa shape index (κ3) is 1.78. The number of nitrogens with one attached hydrogen (secondary N) is 1. The molecule has 2 aromatic heterocycles. The van der Waals surface area contributed by atoms with Crippen molar-refractivity contribution in [1.82, 2.24) is 19.9 Å². The number of aromatic amines is 1. The van der Waals surface area contributed by atoms with Crippen molar-refractivity contribution in [3.8, 4) is 0 Å². The van der Waals surface area contributed by atoms with Gasteiger partial charge in [-0.05, 0) is 17.7 Å². The molecule has 2 heterocycles. The van der Waals surface area contributed by atoms with Gasteiger partial charge in [0.25, 0.3) is 5.91 Å². The second-order valence-electron chi connectivity index (χ2n) is 3.33. The molecule has 2 aromatic rings. The molecule has 0 unspecified atom stereocenters. The van der Waals surface area contributed by atoms with E-state index in [0.717, 1.165) is 5.39 Å². The number of rotatable bonds is 1. The lowest BCUT2D eigenvalue weighted by Crippen LogP contribution is -2.21. The molecule has 0 fully saturated rings. The Kier molecular flexibility index (Phi) is 2.32. The number of hydrogen-bond acceptors (Lipinski definition) is 3. The molecule has 78 valence electrons. The predicted molar refractivity (Wildman–Crippen MR) is 56.9 cm³/mol. The number of hydrogen-bond donors (Lipinski definition) is 1. The number of amides is 1. The monoisotopic (exact) mass is 224 g/mol. The topological polar surface area (TPSA) is 61.9 Å². The largest absolute Gasteiger partial charge is 0.344 e. The summed E-state index contributed by atoms with van der Waals surface area (Å²) in [6.07, 6.45) is 1.58. The molecule has 0 atom stereocenters. The van der Waals surface area contributed by atoms with Crippen LogP contribution in [0.15, 0.2) is 12.3 Å². The molecule has 1 amide bonds. The van der Waals surface area contributed by atoms with Crippen LogP contribution in [-0.2, 0) is 0 Å². The zero-order chi connectivity index (χ0) is 11.0. The molecule has 6 heteroatoms. The molecule has 0 radical (unpaired) electrons. The Bertz CT molecular complexity index is 520. The van der Waals surface area contributed by atoms with E-state index in [-0.39, 0.29) is 11.2 Å².